The molecule has 2 aromatic carbocycles. The molecule has 0 aliphatic carbocycles. The van der Waals surface area contributed by atoms with Crippen LogP contribution in [-0.4, -0.2) is 19.7 Å². The molecule has 114 valence electrons. The summed E-state index contributed by atoms with van der Waals surface area (Å²) in [6.07, 6.45) is 2.52. The fourth-order valence-corrected chi connectivity index (χ4v) is 2.66. The van der Waals surface area contributed by atoms with Crippen molar-refractivity contribution in [3.05, 3.63) is 40.9 Å². The van der Waals surface area contributed by atoms with Gasteiger partial charge in [0.1, 0.15) is 12.4 Å². The van der Waals surface area contributed by atoms with Crippen LogP contribution in [0.25, 0.3) is 10.8 Å². The molecule has 0 amide bonds. The van der Waals surface area contributed by atoms with Crippen molar-refractivity contribution in [1.29, 1.82) is 0 Å². The maximum atomic E-state index is 5.80. The van der Waals surface area contributed by atoms with Gasteiger partial charge >= 0.3 is 0 Å². The van der Waals surface area contributed by atoms with Gasteiger partial charge < -0.3 is 10.1 Å². The summed E-state index contributed by atoms with van der Waals surface area (Å²) < 4.78 is 6.90. The van der Waals surface area contributed by atoms with Crippen molar-refractivity contribution in [2.45, 2.75) is 26.7 Å². The van der Waals surface area contributed by atoms with E-state index in [4.69, 9.17) is 4.74 Å². The van der Waals surface area contributed by atoms with E-state index in [2.05, 4.69) is 65.4 Å². The molecule has 0 aliphatic rings. The Morgan fingerprint density at radius 2 is 1.81 bits per heavy atom. The summed E-state index contributed by atoms with van der Waals surface area (Å²) in [6.45, 7) is 7.22. The van der Waals surface area contributed by atoms with Crippen LogP contribution in [0, 0.1) is 5.92 Å². The smallest absolute Gasteiger partial charge is 0.120 e. The third-order valence-electron chi connectivity index (χ3n) is 3.46. The fraction of sp³-hybridized carbons (Fsp3) is 0.444. The maximum absolute atomic E-state index is 5.80. The lowest BCUT2D eigenvalue weighted by Crippen LogP contribution is -2.22. The van der Waals surface area contributed by atoms with E-state index in [9.17, 15) is 0 Å². The van der Waals surface area contributed by atoms with E-state index in [-0.39, 0.29) is 0 Å². The zero-order valence-electron chi connectivity index (χ0n) is 12.9. The number of rotatable bonds is 8. The summed E-state index contributed by atoms with van der Waals surface area (Å²) in [5.74, 6) is 1.73. The Bertz CT molecular complexity index is 568. The monoisotopic (exact) mass is 349 g/mol. The van der Waals surface area contributed by atoms with Crippen molar-refractivity contribution < 1.29 is 4.74 Å². The van der Waals surface area contributed by atoms with Gasteiger partial charge in [0.05, 0.1) is 0 Å². The van der Waals surface area contributed by atoms with Gasteiger partial charge in [-0.25, -0.2) is 0 Å². The normalized spacial score (nSPS) is 11.2. The topological polar surface area (TPSA) is 21.3 Å². The summed E-state index contributed by atoms with van der Waals surface area (Å²) in [6, 6.07) is 12.5. The Hall–Kier alpha value is -1.06. The zero-order chi connectivity index (χ0) is 15.1. The van der Waals surface area contributed by atoms with Crippen LogP contribution in [0.15, 0.2) is 40.9 Å². The Morgan fingerprint density at radius 1 is 1.05 bits per heavy atom. The Labute approximate surface area is 136 Å². The number of ether oxygens (including phenoxy) is 1. The number of halogens is 1. The van der Waals surface area contributed by atoms with E-state index in [1.54, 1.807) is 0 Å². The largest absolute Gasteiger partial charge is 0.492 e. The minimum absolute atomic E-state index is 0.712. The second-order valence-electron chi connectivity index (χ2n) is 5.79. The molecule has 2 aromatic rings. The first-order valence-electron chi connectivity index (χ1n) is 7.68. The fourth-order valence-electron chi connectivity index (χ4n) is 2.29. The van der Waals surface area contributed by atoms with Crippen LogP contribution in [0.1, 0.15) is 26.7 Å². The van der Waals surface area contributed by atoms with E-state index >= 15 is 0 Å². The molecule has 0 heterocycles. The SMILES string of the molecule is CC(C)CCCNCCOc1ccc2cc(Br)ccc2c1. The first-order chi connectivity index (χ1) is 10.1. The number of hydrogen-bond acceptors (Lipinski definition) is 2. The molecule has 0 saturated heterocycles. The van der Waals surface area contributed by atoms with Crippen molar-refractivity contribution in [3.63, 3.8) is 0 Å². The van der Waals surface area contributed by atoms with E-state index in [1.165, 1.54) is 23.6 Å². The average molecular weight is 350 g/mol. The minimum Gasteiger partial charge on any atom is -0.492 e. The van der Waals surface area contributed by atoms with Gasteiger partial charge in [-0.3, -0.25) is 0 Å². The molecule has 2 nitrogen and oxygen atoms in total. The van der Waals surface area contributed by atoms with Crippen LogP contribution in [0.2, 0.25) is 0 Å². The third kappa shape index (κ3) is 5.68. The van der Waals surface area contributed by atoms with Gasteiger partial charge in [-0.2, -0.15) is 0 Å². The molecule has 0 spiro atoms. The molecule has 1 N–H and O–H groups in total. The lowest BCUT2D eigenvalue weighted by atomic mass is 10.1. The van der Waals surface area contributed by atoms with Gasteiger partial charge in [0.15, 0.2) is 0 Å². The second kappa shape index (κ2) is 8.40. The first-order valence-corrected chi connectivity index (χ1v) is 8.47. The minimum atomic E-state index is 0.712. The molecule has 2 rings (SSSR count). The Morgan fingerprint density at radius 3 is 2.62 bits per heavy atom. The second-order valence-corrected chi connectivity index (χ2v) is 6.70. The van der Waals surface area contributed by atoms with Crippen molar-refractivity contribution >= 4 is 26.7 Å². The van der Waals surface area contributed by atoms with Crippen LogP contribution in [0.4, 0.5) is 0 Å². The molecule has 0 radical (unpaired) electrons. The zero-order valence-corrected chi connectivity index (χ0v) is 14.4. The van der Waals surface area contributed by atoms with E-state index < -0.39 is 0 Å². The van der Waals surface area contributed by atoms with Crippen LogP contribution >= 0.6 is 15.9 Å². The van der Waals surface area contributed by atoms with Crippen LogP contribution in [0.5, 0.6) is 5.75 Å². The molecular formula is C18H24BrNO. The quantitative estimate of drug-likeness (QED) is 0.676. The molecule has 0 atom stereocenters. The highest BCUT2D eigenvalue weighted by Gasteiger charge is 1.99. The molecule has 0 unspecified atom stereocenters. The molecule has 0 fully saturated rings. The Kier molecular flexibility index (Phi) is 6.52. The lowest BCUT2D eigenvalue weighted by molar-refractivity contribution is 0.313. The van der Waals surface area contributed by atoms with Gasteiger partial charge in [0.25, 0.3) is 0 Å². The van der Waals surface area contributed by atoms with Crippen molar-refractivity contribution in [2.24, 2.45) is 5.92 Å². The summed E-state index contributed by atoms with van der Waals surface area (Å²) in [5, 5.41) is 5.86. The number of hydrogen-bond donors (Lipinski definition) is 1. The Balaban J connectivity index is 1.72. The average Bonchev–Trinajstić information content (AvgIpc) is 2.46. The molecule has 21 heavy (non-hydrogen) atoms. The first kappa shape index (κ1) is 16.3. The van der Waals surface area contributed by atoms with Gasteiger partial charge in [-0.05, 0) is 60.3 Å². The summed E-state index contributed by atoms with van der Waals surface area (Å²) in [7, 11) is 0. The van der Waals surface area contributed by atoms with Crippen LogP contribution < -0.4 is 10.1 Å². The molecule has 3 heteroatoms. The standard InChI is InChI=1S/C18H24BrNO/c1-14(2)4-3-9-20-10-11-21-18-8-6-15-12-17(19)7-5-16(15)13-18/h5-8,12-14,20H,3-4,9-11H2,1-2H3. The molecule has 0 aromatic heterocycles. The van der Waals surface area contributed by atoms with Gasteiger partial charge in [0, 0.05) is 11.0 Å². The summed E-state index contributed by atoms with van der Waals surface area (Å²) in [4.78, 5) is 0. The van der Waals surface area contributed by atoms with Crippen LogP contribution in [-0.2, 0) is 0 Å². The van der Waals surface area contributed by atoms with Crippen molar-refractivity contribution in [2.75, 3.05) is 19.7 Å². The highest BCUT2D eigenvalue weighted by Crippen LogP contribution is 2.23. The summed E-state index contributed by atoms with van der Waals surface area (Å²) in [5.41, 5.74) is 0. The molecule has 0 bridgehead atoms. The van der Waals surface area contributed by atoms with Crippen molar-refractivity contribution in [1.82, 2.24) is 5.32 Å². The van der Waals surface area contributed by atoms with E-state index in [1.807, 2.05) is 6.07 Å². The van der Waals surface area contributed by atoms with Gasteiger partial charge in [0.2, 0.25) is 0 Å². The van der Waals surface area contributed by atoms with Crippen LogP contribution in [0.3, 0.4) is 0 Å². The highest BCUT2D eigenvalue weighted by atomic mass is 79.9. The number of fused-ring (bicyclic) bond motifs is 1. The molecule has 0 saturated carbocycles. The van der Waals surface area contributed by atoms with Crippen molar-refractivity contribution in [3.8, 4) is 5.75 Å². The van der Waals surface area contributed by atoms with E-state index in [0.29, 0.717) is 6.61 Å². The van der Waals surface area contributed by atoms with Gasteiger partial charge in [-0.15, -0.1) is 0 Å². The highest BCUT2D eigenvalue weighted by molar-refractivity contribution is 9.10. The maximum Gasteiger partial charge on any atom is 0.120 e. The predicted molar refractivity (Wildman–Crippen MR) is 94.1 cm³/mol. The lowest BCUT2D eigenvalue weighted by Gasteiger charge is -2.09. The van der Waals surface area contributed by atoms with E-state index in [0.717, 1.165) is 29.2 Å². The predicted octanol–water partition coefficient (Wildman–Crippen LogP) is 5.01. The third-order valence-corrected chi connectivity index (χ3v) is 3.95. The molecular weight excluding hydrogens is 326 g/mol. The number of nitrogens with one attached hydrogen (secondary N) is 1. The summed E-state index contributed by atoms with van der Waals surface area (Å²) >= 11 is 3.49. The van der Waals surface area contributed by atoms with Gasteiger partial charge in [-0.1, -0.05) is 41.9 Å². The number of benzene rings is 2. The molecule has 0 aliphatic heterocycles.